The summed E-state index contributed by atoms with van der Waals surface area (Å²) in [5, 5.41) is 3.13. The van der Waals surface area contributed by atoms with Crippen molar-refractivity contribution in [2.45, 2.75) is 76.4 Å². The highest BCUT2D eigenvalue weighted by molar-refractivity contribution is 7.92. The van der Waals surface area contributed by atoms with E-state index in [-0.39, 0.29) is 23.4 Å². The van der Waals surface area contributed by atoms with Gasteiger partial charge in [-0.25, -0.2) is 8.42 Å². The summed E-state index contributed by atoms with van der Waals surface area (Å²) in [4.78, 5) is 29.0. The first-order chi connectivity index (χ1) is 19.1. The standard InChI is InChI=1S/C32H39N3O4S/c1-24-17-19-30(20-18-24)40(38,39)35(29-15-8-5-9-16-29)23-31(36)34(22-27-12-10-11-25(2)21-27)26(3)32(37)33-28-13-6-4-7-14-28/h5,8-12,15-21,26,28H,4,6-7,13-14,22-23H2,1-3H3,(H,33,37)/t26-/m1/s1. The second-order valence-corrected chi connectivity index (χ2v) is 12.6. The molecule has 3 aromatic rings. The SMILES string of the molecule is Cc1ccc(S(=O)(=O)N(CC(=O)N(Cc2cccc(C)c2)[C@H](C)C(=O)NC2CCCCC2)c2ccccc2)cc1. The van der Waals surface area contributed by atoms with Gasteiger partial charge in [0.05, 0.1) is 10.6 Å². The number of carbonyl (C=O) groups excluding carboxylic acids is 2. The van der Waals surface area contributed by atoms with Gasteiger partial charge in [0.25, 0.3) is 10.0 Å². The highest BCUT2D eigenvalue weighted by atomic mass is 32.2. The van der Waals surface area contributed by atoms with Crippen molar-refractivity contribution >= 4 is 27.5 Å². The van der Waals surface area contributed by atoms with Gasteiger partial charge in [0.15, 0.2) is 0 Å². The van der Waals surface area contributed by atoms with Gasteiger partial charge in [0, 0.05) is 12.6 Å². The normalized spacial score (nSPS) is 14.8. The fourth-order valence-electron chi connectivity index (χ4n) is 5.12. The minimum Gasteiger partial charge on any atom is -0.352 e. The minimum absolute atomic E-state index is 0.0994. The number of carbonyl (C=O) groups is 2. The van der Waals surface area contributed by atoms with E-state index in [0.717, 1.165) is 46.7 Å². The maximum Gasteiger partial charge on any atom is 0.264 e. The summed E-state index contributed by atoms with van der Waals surface area (Å²) in [5.74, 6) is -0.673. The summed E-state index contributed by atoms with van der Waals surface area (Å²) < 4.78 is 28.8. The van der Waals surface area contributed by atoms with Crippen LogP contribution in [0.2, 0.25) is 0 Å². The average molecular weight is 562 g/mol. The fraction of sp³-hybridized carbons (Fsp3) is 0.375. The molecule has 0 unspecified atom stereocenters. The molecule has 1 aliphatic rings. The molecule has 1 atom stereocenters. The van der Waals surface area contributed by atoms with Crippen LogP contribution in [0.15, 0.2) is 83.8 Å². The summed E-state index contributed by atoms with van der Waals surface area (Å²) in [7, 11) is -4.06. The maximum atomic E-state index is 14.0. The molecule has 7 nitrogen and oxygen atoms in total. The van der Waals surface area contributed by atoms with E-state index in [2.05, 4.69) is 5.32 Å². The number of nitrogens with one attached hydrogen (secondary N) is 1. The molecule has 0 spiro atoms. The lowest BCUT2D eigenvalue weighted by atomic mass is 9.95. The first-order valence-electron chi connectivity index (χ1n) is 13.9. The molecule has 1 fully saturated rings. The van der Waals surface area contributed by atoms with Crippen molar-refractivity contribution in [3.63, 3.8) is 0 Å². The first kappa shape index (κ1) is 29.3. The van der Waals surface area contributed by atoms with E-state index >= 15 is 0 Å². The third-order valence-corrected chi connectivity index (χ3v) is 9.27. The number of rotatable bonds is 10. The number of amides is 2. The molecule has 4 rings (SSSR count). The molecule has 0 heterocycles. The highest BCUT2D eigenvalue weighted by Crippen LogP contribution is 2.25. The van der Waals surface area contributed by atoms with E-state index in [0.29, 0.717) is 5.69 Å². The zero-order valence-corrected chi connectivity index (χ0v) is 24.4. The van der Waals surface area contributed by atoms with Gasteiger partial charge in [-0.1, -0.05) is 85.0 Å². The zero-order valence-electron chi connectivity index (χ0n) is 23.5. The average Bonchev–Trinajstić information content (AvgIpc) is 2.95. The lowest BCUT2D eigenvalue weighted by Gasteiger charge is -2.33. The van der Waals surface area contributed by atoms with Crippen molar-refractivity contribution in [3.8, 4) is 0 Å². The van der Waals surface area contributed by atoms with Crippen molar-refractivity contribution in [3.05, 3.63) is 95.6 Å². The molecule has 0 radical (unpaired) electrons. The molecule has 2 amide bonds. The van der Waals surface area contributed by atoms with Crippen LogP contribution >= 0.6 is 0 Å². The van der Waals surface area contributed by atoms with Gasteiger partial charge in [0.2, 0.25) is 11.8 Å². The van der Waals surface area contributed by atoms with Gasteiger partial charge in [-0.3, -0.25) is 13.9 Å². The summed E-state index contributed by atoms with van der Waals surface area (Å²) in [6, 6.07) is 22.3. The van der Waals surface area contributed by atoms with Crippen LogP contribution in [0.3, 0.4) is 0 Å². The fourth-order valence-corrected chi connectivity index (χ4v) is 6.53. The summed E-state index contributed by atoms with van der Waals surface area (Å²) >= 11 is 0. The van der Waals surface area contributed by atoms with Crippen molar-refractivity contribution in [2.24, 2.45) is 0 Å². The molecule has 0 bridgehead atoms. The Morgan fingerprint density at radius 2 is 1.55 bits per heavy atom. The Labute approximate surface area is 238 Å². The van der Waals surface area contributed by atoms with Crippen LogP contribution in [0.1, 0.15) is 55.7 Å². The van der Waals surface area contributed by atoms with Gasteiger partial charge < -0.3 is 10.2 Å². The molecule has 1 aliphatic carbocycles. The topological polar surface area (TPSA) is 86.8 Å². The Morgan fingerprint density at radius 3 is 2.20 bits per heavy atom. The second kappa shape index (κ2) is 13.1. The van der Waals surface area contributed by atoms with Crippen LogP contribution < -0.4 is 9.62 Å². The third kappa shape index (κ3) is 7.30. The van der Waals surface area contributed by atoms with Gasteiger partial charge in [-0.05, 0) is 63.4 Å². The molecule has 3 aromatic carbocycles. The lowest BCUT2D eigenvalue weighted by Crippen LogP contribution is -2.53. The second-order valence-electron chi connectivity index (χ2n) is 10.7. The van der Waals surface area contributed by atoms with Crippen molar-refractivity contribution in [2.75, 3.05) is 10.8 Å². The number of hydrogen-bond acceptors (Lipinski definition) is 4. The molecule has 212 valence electrons. The quantitative estimate of drug-likeness (QED) is 0.361. The number of hydrogen-bond donors (Lipinski definition) is 1. The van der Waals surface area contributed by atoms with Gasteiger partial charge in [-0.15, -0.1) is 0 Å². The van der Waals surface area contributed by atoms with E-state index in [4.69, 9.17) is 0 Å². The number of sulfonamides is 1. The van der Waals surface area contributed by atoms with E-state index in [1.54, 1.807) is 61.5 Å². The lowest BCUT2D eigenvalue weighted by molar-refractivity contribution is -0.139. The van der Waals surface area contributed by atoms with Crippen LogP contribution in [-0.2, 0) is 26.2 Å². The molecular formula is C32H39N3O4S. The maximum absolute atomic E-state index is 14.0. The summed E-state index contributed by atoms with van der Waals surface area (Å²) in [6.07, 6.45) is 5.19. The molecule has 1 saturated carbocycles. The largest absolute Gasteiger partial charge is 0.352 e. The number of benzene rings is 3. The van der Waals surface area contributed by atoms with E-state index in [9.17, 15) is 18.0 Å². The summed E-state index contributed by atoms with van der Waals surface area (Å²) in [6.45, 7) is 5.32. The Morgan fingerprint density at radius 1 is 0.875 bits per heavy atom. The molecule has 40 heavy (non-hydrogen) atoms. The van der Waals surface area contributed by atoms with Gasteiger partial charge in [0.1, 0.15) is 12.6 Å². The van der Waals surface area contributed by atoms with Crippen LogP contribution in [0.25, 0.3) is 0 Å². The number of nitrogens with zero attached hydrogens (tertiary/aromatic N) is 2. The molecule has 1 N–H and O–H groups in total. The first-order valence-corrected chi connectivity index (χ1v) is 15.4. The Hall–Kier alpha value is -3.65. The van der Waals surface area contributed by atoms with Crippen molar-refractivity contribution < 1.29 is 18.0 Å². The summed E-state index contributed by atoms with van der Waals surface area (Å²) in [5.41, 5.74) is 3.23. The predicted molar refractivity (Wildman–Crippen MR) is 158 cm³/mol. The van der Waals surface area contributed by atoms with Crippen LogP contribution in [-0.4, -0.2) is 43.8 Å². The Balaban J connectivity index is 1.65. The molecule has 0 aliphatic heterocycles. The van der Waals surface area contributed by atoms with E-state index in [1.165, 1.54) is 11.3 Å². The van der Waals surface area contributed by atoms with Crippen molar-refractivity contribution in [1.29, 1.82) is 0 Å². The molecule has 8 heteroatoms. The van der Waals surface area contributed by atoms with Crippen LogP contribution in [0.5, 0.6) is 0 Å². The monoisotopic (exact) mass is 561 g/mol. The highest BCUT2D eigenvalue weighted by Gasteiger charge is 2.33. The minimum atomic E-state index is -4.06. The number of para-hydroxylation sites is 1. The zero-order chi connectivity index (χ0) is 28.7. The number of anilines is 1. The van der Waals surface area contributed by atoms with E-state index < -0.39 is 28.5 Å². The Bertz CT molecular complexity index is 1400. The number of aryl methyl sites for hydroxylation is 2. The molecule has 0 saturated heterocycles. The smallest absolute Gasteiger partial charge is 0.264 e. The van der Waals surface area contributed by atoms with Crippen LogP contribution in [0.4, 0.5) is 5.69 Å². The molecule has 0 aromatic heterocycles. The van der Waals surface area contributed by atoms with Gasteiger partial charge >= 0.3 is 0 Å². The molecular weight excluding hydrogens is 522 g/mol. The third-order valence-electron chi connectivity index (χ3n) is 7.49. The predicted octanol–water partition coefficient (Wildman–Crippen LogP) is 5.36. The van der Waals surface area contributed by atoms with Gasteiger partial charge in [-0.2, -0.15) is 0 Å². The van der Waals surface area contributed by atoms with E-state index in [1.807, 2.05) is 38.1 Å². The van der Waals surface area contributed by atoms with Crippen LogP contribution in [0, 0.1) is 13.8 Å². The Kier molecular flexibility index (Phi) is 9.63. The van der Waals surface area contributed by atoms with Crippen molar-refractivity contribution in [1.82, 2.24) is 10.2 Å².